The maximum absolute atomic E-state index is 13.7. The minimum absolute atomic E-state index is 0.219. The third kappa shape index (κ3) is 5.69. The minimum Gasteiger partial charge on any atom is -0.352 e. The summed E-state index contributed by atoms with van der Waals surface area (Å²) in [6, 6.07) is 19.3. The number of anilines is 1. The Morgan fingerprint density at radius 3 is 2.44 bits per heavy atom. The number of nitrogens with one attached hydrogen (secondary N) is 1. The van der Waals surface area contributed by atoms with E-state index in [4.69, 9.17) is 11.6 Å². The van der Waals surface area contributed by atoms with E-state index in [1.54, 1.807) is 59.5 Å². The Balaban J connectivity index is 1.65. The monoisotopic (exact) mass is 523 g/mol. The molecule has 6 nitrogen and oxygen atoms in total. The second-order valence-electron chi connectivity index (χ2n) is 8.60. The van der Waals surface area contributed by atoms with Gasteiger partial charge in [-0.15, -0.1) is 0 Å². The number of carbonyl (C=O) groups is 2. The molecule has 3 aromatic rings. The van der Waals surface area contributed by atoms with Crippen LogP contribution in [0, 0.1) is 0 Å². The number of halogens is 1. The summed E-state index contributed by atoms with van der Waals surface area (Å²) in [5.41, 5.74) is 2.16. The highest BCUT2D eigenvalue weighted by Gasteiger charge is 2.31. The van der Waals surface area contributed by atoms with Gasteiger partial charge in [-0.3, -0.25) is 9.59 Å². The Morgan fingerprint density at radius 1 is 1.00 bits per heavy atom. The second-order valence-corrected chi connectivity index (χ2v) is 10.5. The number of benzene rings is 3. The Labute approximate surface area is 219 Å². The predicted molar refractivity (Wildman–Crippen MR) is 144 cm³/mol. The van der Waals surface area contributed by atoms with Gasteiger partial charge in [0.05, 0.1) is 38.4 Å². The first-order chi connectivity index (χ1) is 17.4. The van der Waals surface area contributed by atoms with Crippen molar-refractivity contribution >= 4 is 39.9 Å². The van der Waals surface area contributed by atoms with Gasteiger partial charge >= 0.3 is 0 Å². The Kier molecular flexibility index (Phi) is 8.56. The van der Waals surface area contributed by atoms with E-state index in [0.717, 1.165) is 31.6 Å². The third-order valence-corrected chi connectivity index (χ3v) is 8.11. The van der Waals surface area contributed by atoms with Crippen molar-refractivity contribution in [1.29, 1.82) is 0 Å². The smallest absolute Gasteiger partial charge is 0.259 e. The summed E-state index contributed by atoms with van der Waals surface area (Å²) in [7, 11) is -1.57. The minimum atomic E-state index is -1.57. The maximum Gasteiger partial charge on any atom is 0.259 e. The van der Waals surface area contributed by atoms with Crippen LogP contribution < -0.4 is 10.2 Å². The predicted octanol–water partition coefficient (Wildman–Crippen LogP) is 5.13. The molecule has 3 aromatic carbocycles. The van der Waals surface area contributed by atoms with Crippen molar-refractivity contribution < 1.29 is 13.8 Å². The summed E-state index contributed by atoms with van der Waals surface area (Å²) in [5, 5.41) is 3.58. The van der Waals surface area contributed by atoms with E-state index >= 15 is 0 Å². The number of fused-ring (bicyclic) bond motifs is 2. The number of nitrogens with zero attached hydrogens (tertiary/aromatic N) is 2. The lowest BCUT2D eigenvalue weighted by molar-refractivity contribution is 0.0948. The summed E-state index contributed by atoms with van der Waals surface area (Å²) in [4.78, 5) is 31.5. The molecule has 0 aromatic heterocycles. The summed E-state index contributed by atoms with van der Waals surface area (Å²) in [6.45, 7) is 7.92. The van der Waals surface area contributed by atoms with Crippen molar-refractivity contribution in [3.8, 4) is 0 Å². The van der Waals surface area contributed by atoms with Crippen molar-refractivity contribution in [2.24, 2.45) is 0 Å². The lowest BCUT2D eigenvalue weighted by Gasteiger charge is -2.24. The van der Waals surface area contributed by atoms with Gasteiger partial charge in [0.15, 0.2) is 0 Å². The lowest BCUT2D eigenvalue weighted by atomic mass is 10.1. The largest absolute Gasteiger partial charge is 0.352 e. The van der Waals surface area contributed by atoms with Crippen LogP contribution in [0.3, 0.4) is 0 Å². The normalized spacial score (nSPS) is 14.8. The molecule has 1 heterocycles. The number of rotatable bonds is 9. The molecular formula is C28H30ClN3O3S. The van der Waals surface area contributed by atoms with Crippen LogP contribution in [0.15, 0.2) is 76.5 Å². The first kappa shape index (κ1) is 26.1. The van der Waals surface area contributed by atoms with Gasteiger partial charge in [-0.2, -0.15) is 0 Å². The van der Waals surface area contributed by atoms with Crippen LogP contribution in [-0.4, -0.2) is 47.1 Å². The first-order valence-electron chi connectivity index (χ1n) is 12.1. The number of carbonyl (C=O) groups excluding carboxylic acids is 2. The van der Waals surface area contributed by atoms with Gasteiger partial charge in [-0.05, 0) is 74.1 Å². The van der Waals surface area contributed by atoms with E-state index in [1.807, 2.05) is 12.1 Å². The molecule has 0 fully saturated rings. The number of hydrogen-bond donors (Lipinski definition) is 1. The van der Waals surface area contributed by atoms with Gasteiger partial charge < -0.3 is 15.1 Å². The average Bonchev–Trinajstić information content (AvgIpc) is 2.99. The van der Waals surface area contributed by atoms with Crippen LogP contribution in [0.2, 0.25) is 5.02 Å². The zero-order valence-corrected chi connectivity index (χ0v) is 22.1. The van der Waals surface area contributed by atoms with Crippen LogP contribution in [0.5, 0.6) is 0 Å². The van der Waals surface area contributed by atoms with E-state index < -0.39 is 10.8 Å². The van der Waals surface area contributed by atoms with Gasteiger partial charge in [0.25, 0.3) is 11.8 Å². The maximum atomic E-state index is 13.7. The summed E-state index contributed by atoms with van der Waals surface area (Å²) in [5.74, 6) is -0.479. The molecule has 188 valence electrons. The molecule has 0 unspecified atom stereocenters. The summed E-state index contributed by atoms with van der Waals surface area (Å²) < 4.78 is 13.5. The molecule has 0 saturated heterocycles. The van der Waals surface area contributed by atoms with Crippen molar-refractivity contribution in [3.63, 3.8) is 0 Å². The van der Waals surface area contributed by atoms with Gasteiger partial charge in [0, 0.05) is 17.1 Å². The zero-order chi connectivity index (χ0) is 25.7. The Bertz CT molecular complexity index is 1280. The molecule has 8 heteroatoms. The molecule has 2 amide bonds. The molecule has 1 aliphatic rings. The van der Waals surface area contributed by atoms with Crippen LogP contribution in [-0.2, 0) is 17.3 Å². The molecule has 0 radical (unpaired) electrons. The van der Waals surface area contributed by atoms with Crippen LogP contribution in [0.1, 0.15) is 46.5 Å². The average molecular weight is 524 g/mol. The van der Waals surface area contributed by atoms with Gasteiger partial charge in [-0.25, -0.2) is 4.21 Å². The van der Waals surface area contributed by atoms with E-state index in [-0.39, 0.29) is 18.4 Å². The number of amides is 2. The standard InChI is InChI=1S/C28H30ClN3O3S/c1-3-31(4-2)17-7-16-30-27(33)21-12-15-26-24(18-21)32(19-20-10-13-22(29)14-11-20)28(34)23-8-5-6-9-25(23)36(26)35/h5-6,8-15,18H,3-4,7,16-17,19H2,1-2H3,(H,30,33)/t36-/m0/s1. The summed E-state index contributed by atoms with van der Waals surface area (Å²) in [6.07, 6.45) is 0.846. The topological polar surface area (TPSA) is 69.7 Å². The molecule has 0 saturated carbocycles. The van der Waals surface area contributed by atoms with Crippen molar-refractivity contribution in [2.75, 3.05) is 31.1 Å². The molecule has 0 aliphatic carbocycles. The quantitative estimate of drug-likeness (QED) is 0.395. The van der Waals surface area contributed by atoms with E-state index in [0.29, 0.717) is 38.2 Å². The Morgan fingerprint density at radius 2 is 1.72 bits per heavy atom. The number of hydrogen-bond acceptors (Lipinski definition) is 4. The molecule has 1 N–H and O–H groups in total. The van der Waals surface area contributed by atoms with Gasteiger partial charge in [0.2, 0.25) is 0 Å². The van der Waals surface area contributed by atoms with E-state index in [1.165, 1.54) is 0 Å². The Hall–Kier alpha value is -3.00. The molecule has 0 spiro atoms. The highest BCUT2D eigenvalue weighted by molar-refractivity contribution is 7.85. The van der Waals surface area contributed by atoms with E-state index in [2.05, 4.69) is 24.1 Å². The zero-order valence-electron chi connectivity index (χ0n) is 20.5. The molecular weight excluding hydrogens is 494 g/mol. The van der Waals surface area contributed by atoms with Crippen molar-refractivity contribution in [1.82, 2.24) is 10.2 Å². The summed E-state index contributed by atoms with van der Waals surface area (Å²) >= 11 is 6.05. The first-order valence-corrected chi connectivity index (χ1v) is 13.7. The fourth-order valence-electron chi connectivity index (χ4n) is 4.28. The molecule has 4 rings (SSSR count). The fraction of sp³-hybridized carbons (Fsp3) is 0.286. The van der Waals surface area contributed by atoms with Crippen molar-refractivity contribution in [3.05, 3.63) is 88.4 Å². The molecule has 1 aliphatic heterocycles. The van der Waals surface area contributed by atoms with Gasteiger partial charge in [-0.1, -0.05) is 49.7 Å². The van der Waals surface area contributed by atoms with E-state index in [9.17, 15) is 13.8 Å². The van der Waals surface area contributed by atoms with Crippen LogP contribution >= 0.6 is 11.6 Å². The van der Waals surface area contributed by atoms with Crippen LogP contribution in [0.25, 0.3) is 0 Å². The van der Waals surface area contributed by atoms with Gasteiger partial charge in [0.1, 0.15) is 0 Å². The molecule has 0 bridgehead atoms. The highest BCUT2D eigenvalue weighted by atomic mass is 35.5. The highest BCUT2D eigenvalue weighted by Crippen LogP contribution is 2.36. The molecule has 36 heavy (non-hydrogen) atoms. The van der Waals surface area contributed by atoms with Crippen molar-refractivity contribution in [2.45, 2.75) is 36.6 Å². The fourth-order valence-corrected chi connectivity index (χ4v) is 5.75. The second kappa shape index (κ2) is 11.8. The third-order valence-electron chi connectivity index (χ3n) is 6.36. The lowest BCUT2D eigenvalue weighted by Crippen LogP contribution is -2.31. The molecule has 1 atom stereocenters. The van der Waals surface area contributed by atoms with Crippen LogP contribution in [0.4, 0.5) is 5.69 Å². The SMILES string of the molecule is CCN(CC)CCCNC(=O)c1ccc2c(c1)N(Cc1ccc(Cl)cc1)C(=O)c1ccccc1[S@@]2=O.